The zero-order valence-corrected chi connectivity index (χ0v) is 10.4. The first kappa shape index (κ1) is 11.5. The van der Waals surface area contributed by atoms with Gasteiger partial charge in [0, 0.05) is 19.8 Å². The Morgan fingerprint density at radius 2 is 1.94 bits per heavy atom. The Bertz CT molecular complexity index is 516. The van der Waals surface area contributed by atoms with E-state index in [1.54, 1.807) is 0 Å². The number of hydrogen-bond donors (Lipinski definition) is 2. The van der Waals surface area contributed by atoms with Crippen molar-refractivity contribution in [3.8, 4) is 0 Å². The average Bonchev–Trinajstić information content (AvgIpc) is 2.73. The summed E-state index contributed by atoms with van der Waals surface area (Å²) in [6, 6.07) is 7.84. The molecule has 3 N–H and O–H groups in total. The highest BCUT2D eigenvalue weighted by molar-refractivity contribution is 7.17. The molecule has 0 unspecified atom stereocenters. The molecule has 0 aliphatic carbocycles. The average molecular weight is 249 g/mol. The van der Waals surface area contributed by atoms with Gasteiger partial charge in [0.25, 0.3) is 0 Å². The number of nitrogens with two attached hydrogens (primary N) is 1. The predicted molar refractivity (Wildman–Crippen MR) is 67.8 cm³/mol. The number of hydrogen-bond acceptors (Lipinski definition) is 6. The van der Waals surface area contributed by atoms with E-state index in [9.17, 15) is 0 Å². The first-order valence-corrected chi connectivity index (χ1v) is 5.80. The van der Waals surface area contributed by atoms with Gasteiger partial charge in [0.05, 0.1) is 5.10 Å². The number of rotatable bonds is 3. The monoisotopic (exact) mass is 249 g/mol. The van der Waals surface area contributed by atoms with E-state index in [2.05, 4.69) is 20.4 Å². The van der Waals surface area contributed by atoms with Crippen molar-refractivity contribution < 1.29 is 5.11 Å². The normalized spacial score (nSPS) is 10.9. The molecule has 0 atom stereocenters. The molecule has 1 aromatic heterocycles. The summed E-state index contributed by atoms with van der Waals surface area (Å²) in [4.78, 5) is 2.03. The van der Waals surface area contributed by atoms with Crippen molar-refractivity contribution in [1.29, 1.82) is 0 Å². The Balaban J connectivity index is 2.11. The lowest BCUT2D eigenvalue weighted by Gasteiger charge is -2.11. The number of benzene rings is 1. The SMILES string of the molecule is CN(C)c1ccc(N=[NH+]c2nnc(N)s2)cc1. The lowest BCUT2D eigenvalue weighted by atomic mass is 10.3. The van der Waals surface area contributed by atoms with E-state index < -0.39 is 0 Å². The fourth-order valence-corrected chi connectivity index (χ4v) is 1.67. The van der Waals surface area contributed by atoms with Gasteiger partial charge in [-0.1, -0.05) is 5.11 Å². The lowest BCUT2D eigenvalue weighted by Crippen LogP contribution is -2.57. The maximum Gasteiger partial charge on any atom is 0.429 e. The van der Waals surface area contributed by atoms with Crippen LogP contribution in [-0.4, -0.2) is 24.3 Å². The van der Waals surface area contributed by atoms with Crippen LogP contribution in [0, 0.1) is 0 Å². The lowest BCUT2D eigenvalue weighted by molar-refractivity contribution is -0.433. The molecule has 6 nitrogen and oxygen atoms in total. The van der Waals surface area contributed by atoms with E-state index in [1.807, 2.05) is 43.3 Å². The van der Waals surface area contributed by atoms with E-state index in [0.29, 0.717) is 10.3 Å². The predicted octanol–water partition coefficient (Wildman–Crippen LogP) is 0.682. The Labute approximate surface area is 103 Å². The van der Waals surface area contributed by atoms with Crippen molar-refractivity contribution in [1.82, 2.24) is 10.2 Å². The first-order chi connectivity index (χ1) is 8.15. The zero-order valence-electron chi connectivity index (χ0n) is 9.58. The minimum Gasteiger partial charge on any atom is -0.378 e. The molecule has 2 rings (SSSR count). The van der Waals surface area contributed by atoms with Crippen molar-refractivity contribution in [2.24, 2.45) is 5.11 Å². The van der Waals surface area contributed by atoms with Crippen LogP contribution in [0.25, 0.3) is 0 Å². The van der Waals surface area contributed by atoms with Gasteiger partial charge in [-0.15, -0.1) is 5.11 Å². The standard InChI is InChI=1S/C10H12N6S/c1-16(2)8-5-3-7(4-6-8)12-14-10-15-13-9(11)17-10/h3-6H,1-2H3,(H2,11,13)/p+1. The third-order valence-corrected chi connectivity index (χ3v) is 2.74. The fraction of sp³-hybridized carbons (Fsp3) is 0.200. The van der Waals surface area contributed by atoms with E-state index in [1.165, 1.54) is 11.3 Å². The summed E-state index contributed by atoms with van der Waals surface area (Å²) in [7, 11) is 3.99. The van der Waals surface area contributed by atoms with Gasteiger partial charge in [0.1, 0.15) is 5.69 Å². The van der Waals surface area contributed by atoms with Crippen LogP contribution in [0.3, 0.4) is 0 Å². The van der Waals surface area contributed by atoms with Crippen LogP contribution in [0.2, 0.25) is 0 Å². The number of nitrogen functional groups attached to an aromatic ring is 1. The highest BCUT2D eigenvalue weighted by Crippen LogP contribution is 2.17. The maximum absolute atomic E-state index is 5.46. The molecule has 0 saturated heterocycles. The maximum atomic E-state index is 5.46. The van der Waals surface area contributed by atoms with E-state index in [0.717, 1.165) is 11.4 Å². The van der Waals surface area contributed by atoms with Crippen LogP contribution in [0.4, 0.5) is 21.6 Å². The first-order valence-electron chi connectivity index (χ1n) is 4.98. The summed E-state index contributed by atoms with van der Waals surface area (Å²) in [5.41, 5.74) is 7.41. The molecule has 0 amide bonds. The molecular weight excluding hydrogens is 236 g/mol. The van der Waals surface area contributed by atoms with E-state index in [4.69, 9.17) is 5.73 Å². The molecule has 1 heterocycles. The number of aromatic nitrogens is 2. The molecule has 2 aromatic rings. The van der Waals surface area contributed by atoms with Gasteiger partial charge in [-0.25, -0.2) is 0 Å². The molecule has 1 aromatic carbocycles. The van der Waals surface area contributed by atoms with Crippen LogP contribution < -0.4 is 15.7 Å². The minimum absolute atomic E-state index is 0.422. The molecule has 0 aliphatic heterocycles. The van der Waals surface area contributed by atoms with Crippen LogP contribution >= 0.6 is 11.3 Å². The second-order valence-corrected chi connectivity index (χ2v) is 4.59. The summed E-state index contributed by atoms with van der Waals surface area (Å²) in [6.45, 7) is 0. The van der Waals surface area contributed by atoms with Crippen molar-refractivity contribution in [2.75, 3.05) is 24.7 Å². The van der Waals surface area contributed by atoms with E-state index >= 15 is 0 Å². The van der Waals surface area contributed by atoms with Crippen molar-refractivity contribution in [2.45, 2.75) is 0 Å². The third-order valence-electron chi connectivity index (χ3n) is 2.09. The Kier molecular flexibility index (Phi) is 3.29. The van der Waals surface area contributed by atoms with Gasteiger partial charge in [0.15, 0.2) is 0 Å². The Hall–Kier alpha value is -2.02. The number of nitrogens with zero attached hydrogens (tertiary/aromatic N) is 4. The molecule has 0 saturated carbocycles. The molecule has 17 heavy (non-hydrogen) atoms. The van der Waals surface area contributed by atoms with E-state index in [-0.39, 0.29) is 0 Å². The largest absolute Gasteiger partial charge is 0.429 e. The van der Waals surface area contributed by atoms with Gasteiger partial charge in [-0.05, 0) is 40.7 Å². The minimum atomic E-state index is 0.422. The second kappa shape index (κ2) is 4.88. The molecule has 0 fully saturated rings. The molecule has 0 bridgehead atoms. The van der Waals surface area contributed by atoms with Crippen LogP contribution in [0.5, 0.6) is 0 Å². The van der Waals surface area contributed by atoms with Gasteiger partial charge in [-0.2, -0.15) is 0 Å². The van der Waals surface area contributed by atoms with Gasteiger partial charge in [0.2, 0.25) is 5.13 Å². The molecule has 7 heteroatoms. The summed E-state index contributed by atoms with van der Waals surface area (Å²) >= 11 is 1.26. The quantitative estimate of drug-likeness (QED) is 0.784. The Morgan fingerprint density at radius 1 is 1.24 bits per heavy atom. The van der Waals surface area contributed by atoms with Crippen molar-refractivity contribution in [3.63, 3.8) is 0 Å². The van der Waals surface area contributed by atoms with Crippen molar-refractivity contribution in [3.05, 3.63) is 24.3 Å². The van der Waals surface area contributed by atoms with Crippen LogP contribution in [0.15, 0.2) is 29.4 Å². The summed E-state index contributed by atoms with van der Waals surface area (Å²) in [5, 5.41) is 15.5. The molecule has 0 aliphatic rings. The third kappa shape index (κ3) is 2.97. The van der Waals surface area contributed by atoms with Gasteiger partial charge >= 0.3 is 5.13 Å². The summed E-state index contributed by atoms with van der Waals surface area (Å²) in [5.74, 6) is 0. The number of nitrogens with one attached hydrogen (secondary N) is 1. The molecule has 0 spiro atoms. The van der Waals surface area contributed by atoms with Gasteiger partial charge in [-0.3, -0.25) is 0 Å². The zero-order chi connectivity index (χ0) is 12.3. The fourth-order valence-electron chi connectivity index (χ4n) is 1.22. The molecular formula is C10H13N6S+. The van der Waals surface area contributed by atoms with Gasteiger partial charge < -0.3 is 10.6 Å². The smallest absolute Gasteiger partial charge is 0.378 e. The summed E-state index contributed by atoms with van der Waals surface area (Å²) < 4.78 is 0. The Morgan fingerprint density at radius 3 is 2.47 bits per heavy atom. The molecule has 88 valence electrons. The van der Waals surface area contributed by atoms with Crippen LogP contribution in [0.1, 0.15) is 0 Å². The molecule has 0 radical (unpaired) electrons. The topological polar surface area (TPSA) is 81.4 Å². The number of azo groups is 1. The van der Waals surface area contributed by atoms with Crippen molar-refractivity contribution >= 4 is 33.0 Å². The number of anilines is 2. The van der Waals surface area contributed by atoms with Crippen LogP contribution in [-0.2, 0) is 0 Å². The second-order valence-electron chi connectivity index (χ2n) is 3.58. The summed E-state index contributed by atoms with van der Waals surface area (Å²) in [6.07, 6.45) is 0. The highest BCUT2D eigenvalue weighted by atomic mass is 32.1. The highest BCUT2D eigenvalue weighted by Gasteiger charge is 2.07.